The fourth-order valence-corrected chi connectivity index (χ4v) is 2.64. The molecule has 23 heavy (non-hydrogen) atoms. The third kappa shape index (κ3) is 3.31. The number of aromatic nitrogens is 3. The van der Waals surface area contributed by atoms with Crippen molar-refractivity contribution in [3.05, 3.63) is 63.7 Å². The van der Waals surface area contributed by atoms with Crippen LogP contribution in [0.3, 0.4) is 0 Å². The van der Waals surface area contributed by atoms with E-state index in [2.05, 4.69) is 20.5 Å². The van der Waals surface area contributed by atoms with E-state index < -0.39 is 0 Å². The number of hydrogen-bond acceptors (Lipinski definition) is 3. The van der Waals surface area contributed by atoms with Crippen molar-refractivity contribution >= 4 is 16.8 Å². The van der Waals surface area contributed by atoms with E-state index >= 15 is 0 Å². The van der Waals surface area contributed by atoms with E-state index in [0.29, 0.717) is 17.5 Å². The Hall–Kier alpha value is -2.89. The second kappa shape index (κ2) is 6.08. The van der Waals surface area contributed by atoms with Crippen LogP contribution in [0, 0.1) is 6.92 Å². The maximum absolute atomic E-state index is 12.5. The van der Waals surface area contributed by atoms with Crippen LogP contribution >= 0.6 is 0 Å². The van der Waals surface area contributed by atoms with Crippen molar-refractivity contribution < 1.29 is 4.79 Å². The molecule has 1 atom stereocenters. The number of amides is 1. The van der Waals surface area contributed by atoms with Crippen LogP contribution < -0.4 is 10.9 Å². The summed E-state index contributed by atoms with van der Waals surface area (Å²) >= 11 is 0. The first kappa shape index (κ1) is 15.0. The molecule has 0 fully saturated rings. The van der Waals surface area contributed by atoms with Crippen molar-refractivity contribution in [2.24, 2.45) is 0 Å². The summed E-state index contributed by atoms with van der Waals surface area (Å²) in [6.07, 6.45) is 0.622. The lowest BCUT2D eigenvalue weighted by molar-refractivity contribution is 0.0941. The molecule has 0 bridgehead atoms. The normalized spacial score (nSPS) is 12.3. The number of fused-ring (bicyclic) bond motifs is 1. The molecule has 6 heteroatoms. The van der Waals surface area contributed by atoms with Gasteiger partial charge in [0.25, 0.3) is 5.91 Å². The Morgan fingerprint density at radius 1 is 1.30 bits per heavy atom. The van der Waals surface area contributed by atoms with Gasteiger partial charge >= 0.3 is 0 Å². The minimum Gasteiger partial charge on any atom is -0.349 e. The Bertz CT molecular complexity index is 910. The van der Waals surface area contributed by atoms with E-state index in [9.17, 15) is 9.59 Å². The average Bonchev–Trinajstić information content (AvgIpc) is 2.91. The summed E-state index contributed by atoms with van der Waals surface area (Å²) in [4.78, 5) is 27.0. The minimum atomic E-state index is -0.288. The van der Waals surface area contributed by atoms with Gasteiger partial charge in [-0.2, -0.15) is 5.10 Å². The summed E-state index contributed by atoms with van der Waals surface area (Å²) in [5.74, 6) is -0.257. The highest BCUT2D eigenvalue weighted by molar-refractivity contribution is 6.06. The van der Waals surface area contributed by atoms with Gasteiger partial charge in [0.1, 0.15) is 0 Å². The van der Waals surface area contributed by atoms with Gasteiger partial charge in [0.2, 0.25) is 5.56 Å². The monoisotopic (exact) mass is 310 g/mol. The number of carbonyl (C=O) groups is 1. The van der Waals surface area contributed by atoms with Crippen LogP contribution in [0.2, 0.25) is 0 Å². The highest BCUT2D eigenvalue weighted by Crippen LogP contribution is 2.14. The number of benzene rings is 1. The number of rotatable bonds is 4. The Labute approximate surface area is 132 Å². The molecule has 0 aliphatic rings. The first-order valence-corrected chi connectivity index (χ1v) is 7.47. The first-order chi connectivity index (χ1) is 11.0. The fraction of sp³-hybridized carbons (Fsp3) is 0.235. The van der Waals surface area contributed by atoms with Crippen molar-refractivity contribution in [3.63, 3.8) is 0 Å². The predicted octanol–water partition coefficient (Wildman–Crippen LogP) is 1.92. The Morgan fingerprint density at radius 2 is 2.09 bits per heavy atom. The largest absolute Gasteiger partial charge is 0.349 e. The van der Waals surface area contributed by atoms with Gasteiger partial charge in [-0.15, -0.1) is 0 Å². The molecule has 2 heterocycles. The second-order valence-corrected chi connectivity index (χ2v) is 5.71. The smallest absolute Gasteiger partial charge is 0.252 e. The van der Waals surface area contributed by atoms with E-state index in [1.165, 1.54) is 6.07 Å². The highest BCUT2D eigenvalue weighted by atomic mass is 16.2. The summed E-state index contributed by atoms with van der Waals surface area (Å²) in [6.45, 7) is 3.85. The molecule has 0 aliphatic heterocycles. The maximum atomic E-state index is 12.5. The predicted molar refractivity (Wildman–Crippen MR) is 88.5 cm³/mol. The first-order valence-electron chi connectivity index (χ1n) is 7.47. The molecule has 118 valence electrons. The van der Waals surface area contributed by atoms with E-state index in [1.54, 1.807) is 6.07 Å². The topological polar surface area (TPSA) is 90.6 Å². The van der Waals surface area contributed by atoms with E-state index in [4.69, 9.17) is 0 Å². The molecule has 3 N–H and O–H groups in total. The molecule has 3 rings (SSSR count). The molecule has 3 aromatic rings. The lowest BCUT2D eigenvalue weighted by Gasteiger charge is -2.13. The molecular weight excluding hydrogens is 292 g/mol. The fourth-order valence-electron chi connectivity index (χ4n) is 2.64. The number of H-pyrrole nitrogens is 2. The zero-order chi connectivity index (χ0) is 16.4. The van der Waals surface area contributed by atoms with E-state index in [0.717, 1.165) is 16.8 Å². The second-order valence-electron chi connectivity index (χ2n) is 5.71. The standard InChI is InChI=1S/C17H18N4O2/c1-10(7-12-8-11(2)20-21-12)18-17(23)14-9-16(22)19-15-6-4-3-5-13(14)15/h3-6,8-10H,7H2,1-2H3,(H,18,23)(H,19,22)(H,20,21)/t10-/m0/s1. The molecule has 0 saturated carbocycles. The average molecular weight is 310 g/mol. The van der Waals surface area contributed by atoms with Gasteiger partial charge in [-0.25, -0.2) is 0 Å². The lowest BCUT2D eigenvalue weighted by atomic mass is 10.1. The van der Waals surface area contributed by atoms with Crippen LogP contribution in [0.5, 0.6) is 0 Å². The number of pyridine rings is 1. The summed E-state index contributed by atoms with van der Waals surface area (Å²) in [6, 6.07) is 10.5. The maximum Gasteiger partial charge on any atom is 0.252 e. The van der Waals surface area contributed by atoms with E-state index in [1.807, 2.05) is 38.1 Å². The van der Waals surface area contributed by atoms with Crippen LogP contribution in [0.25, 0.3) is 10.9 Å². The summed E-state index contributed by atoms with van der Waals surface area (Å²) < 4.78 is 0. The SMILES string of the molecule is Cc1cc(C[C@H](C)NC(=O)c2cc(=O)[nH]c3ccccc23)n[nH]1. The van der Waals surface area contributed by atoms with Crippen LogP contribution in [-0.2, 0) is 6.42 Å². The summed E-state index contributed by atoms with van der Waals surface area (Å²) in [7, 11) is 0. The molecule has 0 spiro atoms. The molecule has 2 aromatic heterocycles. The van der Waals surface area contributed by atoms with Gasteiger partial charge in [0.05, 0.1) is 11.3 Å². The van der Waals surface area contributed by atoms with Crippen LogP contribution in [0.1, 0.15) is 28.7 Å². The van der Waals surface area contributed by atoms with Gasteiger partial charge < -0.3 is 10.3 Å². The minimum absolute atomic E-state index is 0.0942. The van der Waals surface area contributed by atoms with Crippen LogP contribution in [-0.4, -0.2) is 27.1 Å². The number of carbonyl (C=O) groups excluding carboxylic acids is 1. The molecule has 0 radical (unpaired) electrons. The molecular formula is C17H18N4O2. The number of nitrogens with one attached hydrogen (secondary N) is 3. The molecule has 0 unspecified atom stereocenters. The Kier molecular flexibility index (Phi) is 3.97. The number of hydrogen-bond donors (Lipinski definition) is 3. The van der Waals surface area contributed by atoms with Crippen molar-refractivity contribution in [1.29, 1.82) is 0 Å². The van der Waals surface area contributed by atoms with E-state index in [-0.39, 0.29) is 17.5 Å². The van der Waals surface area contributed by atoms with Crippen LogP contribution in [0.4, 0.5) is 0 Å². The highest BCUT2D eigenvalue weighted by Gasteiger charge is 2.15. The zero-order valence-corrected chi connectivity index (χ0v) is 13.0. The van der Waals surface area contributed by atoms with Gasteiger partial charge in [-0.1, -0.05) is 18.2 Å². The van der Waals surface area contributed by atoms with Crippen molar-refractivity contribution in [2.75, 3.05) is 0 Å². The lowest BCUT2D eigenvalue weighted by Crippen LogP contribution is -2.34. The molecule has 1 aromatic carbocycles. The van der Waals surface area contributed by atoms with Gasteiger partial charge in [0, 0.05) is 35.1 Å². The van der Waals surface area contributed by atoms with Crippen molar-refractivity contribution in [2.45, 2.75) is 26.3 Å². The van der Waals surface area contributed by atoms with Gasteiger partial charge in [0.15, 0.2) is 0 Å². The zero-order valence-electron chi connectivity index (χ0n) is 13.0. The molecule has 6 nitrogen and oxygen atoms in total. The third-order valence-electron chi connectivity index (χ3n) is 3.65. The number of aryl methyl sites for hydroxylation is 1. The van der Waals surface area contributed by atoms with Gasteiger partial charge in [-0.3, -0.25) is 14.7 Å². The Balaban J connectivity index is 1.82. The van der Waals surface area contributed by atoms with Crippen molar-refractivity contribution in [1.82, 2.24) is 20.5 Å². The number of para-hydroxylation sites is 1. The quantitative estimate of drug-likeness (QED) is 0.687. The molecule has 0 saturated heterocycles. The number of aromatic amines is 2. The van der Waals surface area contributed by atoms with Gasteiger partial charge in [-0.05, 0) is 26.0 Å². The molecule has 1 amide bonds. The number of nitrogens with zero attached hydrogens (tertiary/aromatic N) is 1. The summed E-state index contributed by atoms with van der Waals surface area (Å²) in [5.41, 5.74) is 2.63. The van der Waals surface area contributed by atoms with Crippen LogP contribution in [0.15, 0.2) is 41.2 Å². The van der Waals surface area contributed by atoms with Crippen molar-refractivity contribution in [3.8, 4) is 0 Å². The third-order valence-corrected chi connectivity index (χ3v) is 3.65. The summed E-state index contributed by atoms with van der Waals surface area (Å²) in [5, 5.41) is 10.7. The molecule has 0 aliphatic carbocycles. The Morgan fingerprint density at radius 3 is 2.83 bits per heavy atom.